The Balaban J connectivity index is 2.05. The topological polar surface area (TPSA) is 119 Å². The van der Waals surface area contributed by atoms with E-state index in [1.165, 1.54) is 13.2 Å². The van der Waals surface area contributed by atoms with Crippen molar-refractivity contribution in [1.29, 1.82) is 0 Å². The fourth-order valence-electron chi connectivity index (χ4n) is 4.62. The van der Waals surface area contributed by atoms with Crippen molar-refractivity contribution in [3.05, 3.63) is 36.0 Å². The lowest BCUT2D eigenvalue weighted by atomic mass is 9.87. The molecular weight excluding hydrogens is 450 g/mol. The van der Waals surface area contributed by atoms with E-state index < -0.39 is 36.1 Å². The van der Waals surface area contributed by atoms with Gasteiger partial charge in [0.2, 0.25) is 11.8 Å². The summed E-state index contributed by atoms with van der Waals surface area (Å²) in [6.45, 7) is 5.39. The third-order valence-electron chi connectivity index (χ3n) is 6.68. The number of rotatable bonds is 8. The maximum Gasteiger partial charge on any atom is 0.331 e. The Morgan fingerprint density at radius 2 is 1.89 bits per heavy atom. The standard InChI is InChI=1S/C27H39NO7/c1-17(21(29)11-9-10-20-15-23(30)28-24(31)16-20)14-18(2)27-19(3)26(33)22(34-4)12-7-5-6-8-13-25(32)35-27/h7-8,12-14,17,19-20,22,26-27,33H,5-6,9-11,15-16H2,1-4H3,(H,28,30,31)/b12-7-,13-8-,18-14+/t17-,19-,22?,26-,27-/m0/s1. The van der Waals surface area contributed by atoms with E-state index in [9.17, 15) is 24.3 Å². The van der Waals surface area contributed by atoms with Gasteiger partial charge in [0.1, 0.15) is 18.0 Å². The zero-order valence-corrected chi connectivity index (χ0v) is 21.2. The molecular formula is C27H39NO7. The van der Waals surface area contributed by atoms with E-state index >= 15 is 0 Å². The molecule has 0 saturated carbocycles. The molecule has 8 heteroatoms. The highest BCUT2D eigenvalue weighted by Gasteiger charge is 2.33. The summed E-state index contributed by atoms with van der Waals surface area (Å²) in [7, 11) is 1.52. The molecule has 2 amide bonds. The van der Waals surface area contributed by atoms with Crippen molar-refractivity contribution in [2.24, 2.45) is 17.8 Å². The van der Waals surface area contributed by atoms with Crippen LogP contribution in [0.4, 0.5) is 0 Å². The number of methoxy groups -OCH3 is 1. The van der Waals surface area contributed by atoms with Crippen molar-refractivity contribution in [1.82, 2.24) is 5.32 Å². The summed E-state index contributed by atoms with van der Waals surface area (Å²) in [4.78, 5) is 48.2. The number of aliphatic hydroxyl groups excluding tert-OH is 1. The number of carbonyl (C=O) groups is 4. The van der Waals surface area contributed by atoms with Gasteiger partial charge < -0.3 is 14.6 Å². The highest BCUT2D eigenvalue weighted by atomic mass is 16.5. The number of carbonyl (C=O) groups excluding carboxylic acids is 4. The summed E-state index contributed by atoms with van der Waals surface area (Å²) in [5.74, 6) is -1.89. The van der Waals surface area contributed by atoms with Gasteiger partial charge in [-0.1, -0.05) is 38.2 Å². The predicted molar refractivity (Wildman–Crippen MR) is 131 cm³/mol. The Kier molecular flexibility index (Phi) is 11.5. The normalized spacial score (nSPS) is 29.9. The van der Waals surface area contributed by atoms with Crippen LogP contribution in [0.3, 0.4) is 0 Å². The molecule has 35 heavy (non-hydrogen) atoms. The number of cyclic esters (lactones) is 1. The first-order chi connectivity index (χ1) is 16.6. The molecule has 0 aromatic rings. The molecule has 0 aliphatic carbocycles. The van der Waals surface area contributed by atoms with Gasteiger partial charge in [-0.3, -0.25) is 19.7 Å². The van der Waals surface area contributed by atoms with Crippen LogP contribution in [0.5, 0.6) is 0 Å². The Morgan fingerprint density at radius 3 is 2.54 bits per heavy atom. The molecule has 1 fully saturated rings. The van der Waals surface area contributed by atoms with Crippen molar-refractivity contribution in [2.75, 3.05) is 7.11 Å². The van der Waals surface area contributed by atoms with Gasteiger partial charge in [0, 0.05) is 44.3 Å². The highest BCUT2D eigenvalue weighted by Crippen LogP contribution is 2.26. The van der Waals surface area contributed by atoms with E-state index in [0.717, 1.165) is 6.42 Å². The van der Waals surface area contributed by atoms with Crippen LogP contribution in [0, 0.1) is 17.8 Å². The zero-order chi connectivity index (χ0) is 26.0. The molecule has 1 unspecified atom stereocenters. The van der Waals surface area contributed by atoms with E-state index in [4.69, 9.17) is 9.47 Å². The van der Waals surface area contributed by atoms with Crippen LogP contribution in [-0.4, -0.2) is 54.1 Å². The number of amides is 2. The summed E-state index contributed by atoms with van der Waals surface area (Å²) in [6, 6.07) is 0. The first-order valence-corrected chi connectivity index (χ1v) is 12.4. The average molecular weight is 490 g/mol. The maximum absolute atomic E-state index is 12.8. The van der Waals surface area contributed by atoms with Crippen LogP contribution in [0.1, 0.15) is 65.7 Å². The third kappa shape index (κ3) is 9.18. The fourth-order valence-corrected chi connectivity index (χ4v) is 4.62. The van der Waals surface area contributed by atoms with E-state index in [0.29, 0.717) is 44.1 Å². The second-order valence-corrected chi connectivity index (χ2v) is 9.62. The average Bonchev–Trinajstić information content (AvgIpc) is 2.79. The summed E-state index contributed by atoms with van der Waals surface area (Å²) in [5, 5.41) is 13.2. The molecule has 0 spiro atoms. The smallest absolute Gasteiger partial charge is 0.331 e. The van der Waals surface area contributed by atoms with Gasteiger partial charge in [-0.2, -0.15) is 0 Å². The van der Waals surface area contributed by atoms with Crippen LogP contribution in [0.2, 0.25) is 0 Å². The lowest BCUT2D eigenvalue weighted by molar-refractivity contribution is -0.147. The van der Waals surface area contributed by atoms with Gasteiger partial charge in [0.25, 0.3) is 0 Å². The van der Waals surface area contributed by atoms with Crippen LogP contribution >= 0.6 is 0 Å². The molecule has 2 rings (SSSR count). The summed E-state index contributed by atoms with van der Waals surface area (Å²) in [6.07, 6.45) is 10.1. The molecule has 0 radical (unpaired) electrons. The van der Waals surface area contributed by atoms with Crippen molar-refractivity contribution in [3.63, 3.8) is 0 Å². The number of imide groups is 1. The van der Waals surface area contributed by atoms with Crippen LogP contribution in [0.15, 0.2) is 36.0 Å². The Bertz CT molecular complexity index is 844. The molecule has 0 bridgehead atoms. The van der Waals surface area contributed by atoms with E-state index in [-0.39, 0.29) is 23.5 Å². The molecule has 2 aliphatic heterocycles. The van der Waals surface area contributed by atoms with Gasteiger partial charge in [-0.15, -0.1) is 0 Å². The van der Waals surface area contributed by atoms with Crippen LogP contribution in [0.25, 0.3) is 0 Å². The van der Waals surface area contributed by atoms with Gasteiger partial charge >= 0.3 is 5.97 Å². The monoisotopic (exact) mass is 489 g/mol. The van der Waals surface area contributed by atoms with Crippen LogP contribution < -0.4 is 5.32 Å². The number of allylic oxidation sites excluding steroid dienone is 3. The Morgan fingerprint density at radius 1 is 1.23 bits per heavy atom. The number of aliphatic hydroxyl groups is 1. The molecule has 5 atom stereocenters. The number of Topliss-reactive ketones (excluding diaryl/α,β-unsaturated/α-hetero) is 1. The lowest BCUT2D eigenvalue weighted by Gasteiger charge is -2.31. The first kappa shape index (κ1) is 28.7. The quantitative estimate of drug-likeness (QED) is 0.305. The SMILES string of the molecule is COC1/C=C\CC/C=C\C(=O)O[C@@H](/C(C)=C/[C@H](C)C(=O)CCCC2CC(=O)NC(=O)C2)[C@@H](C)[C@@H]1O. The number of ether oxygens (including phenoxy) is 2. The molecule has 0 aromatic carbocycles. The van der Waals surface area contributed by atoms with Gasteiger partial charge in [-0.25, -0.2) is 4.79 Å². The molecule has 194 valence electrons. The fraction of sp³-hybridized carbons (Fsp3) is 0.630. The number of hydrogen-bond acceptors (Lipinski definition) is 7. The second-order valence-electron chi connectivity index (χ2n) is 9.62. The number of hydrogen-bond donors (Lipinski definition) is 2. The Labute approximate surface area is 207 Å². The van der Waals surface area contributed by atoms with Crippen molar-refractivity contribution >= 4 is 23.6 Å². The van der Waals surface area contributed by atoms with Gasteiger partial charge in [0.05, 0.1) is 6.10 Å². The molecule has 8 nitrogen and oxygen atoms in total. The number of ketones is 1. The minimum Gasteiger partial charge on any atom is -0.454 e. The number of nitrogens with one attached hydrogen (secondary N) is 1. The number of esters is 1. The highest BCUT2D eigenvalue weighted by molar-refractivity contribution is 5.97. The second kappa shape index (κ2) is 14.1. The van der Waals surface area contributed by atoms with E-state index in [1.54, 1.807) is 32.9 Å². The number of piperidine rings is 1. The largest absolute Gasteiger partial charge is 0.454 e. The first-order valence-electron chi connectivity index (χ1n) is 12.4. The predicted octanol–water partition coefficient (Wildman–Crippen LogP) is 3.19. The van der Waals surface area contributed by atoms with E-state index in [2.05, 4.69) is 5.32 Å². The molecule has 2 N–H and O–H groups in total. The maximum atomic E-state index is 12.8. The third-order valence-corrected chi connectivity index (χ3v) is 6.68. The molecule has 0 aromatic heterocycles. The lowest BCUT2D eigenvalue weighted by Crippen LogP contribution is -2.41. The zero-order valence-electron chi connectivity index (χ0n) is 21.2. The van der Waals surface area contributed by atoms with Gasteiger partial charge in [-0.05, 0) is 44.1 Å². The minimum atomic E-state index is -0.915. The molecule has 1 saturated heterocycles. The minimum absolute atomic E-state index is 0.0227. The summed E-state index contributed by atoms with van der Waals surface area (Å²) in [5.41, 5.74) is 0.685. The van der Waals surface area contributed by atoms with E-state index in [1.807, 2.05) is 12.2 Å². The van der Waals surface area contributed by atoms with Crippen molar-refractivity contribution in [2.45, 2.75) is 84.0 Å². The Hall–Kier alpha value is -2.58. The van der Waals surface area contributed by atoms with Crippen molar-refractivity contribution in [3.8, 4) is 0 Å². The van der Waals surface area contributed by atoms with Crippen LogP contribution in [-0.2, 0) is 28.7 Å². The molecule has 2 aliphatic rings. The van der Waals surface area contributed by atoms with Crippen molar-refractivity contribution < 1.29 is 33.8 Å². The van der Waals surface area contributed by atoms with Gasteiger partial charge in [0.15, 0.2) is 0 Å². The summed E-state index contributed by atoms with van der Waals surface area (Å²) < 4.78 is 11.2. The summed E-state index contributed by atoms with van der Waals surface area (Å²) >= 11 is 0. The molecule has 2 heterocycles.